The van der Waals surface area contributed by atoms with Gasteiger partial charge in [-0.2, -0.15) is 0 Å². The highest BCUT2D eigenvalue weighted by Crippen LogP contribution is 2.38. The Labute approximate surface area is 128 Å². The van der Waals surface area contributed by atoms with Gasteiger partial charge in [0.2, 0.25) is 0 Å². The molecule has 0 radical (unpaired) electrons. The molecule has 2 atom stereocenters. The second kappa shape index (κ2) is 10.1. The number of carbonyl (C=O) groups is 1. The van der Waals surface area contributed by atoms with Crippen LogP contribution in [-0.2, 0) is 14.3 Å². The van der Waals surface area contributed by atoms with Crippen molar-refractivity contribution >= 4 is 5.97 Å². The molecule has 1 fully saturated rings. The maximum absolute atomic E-state index is 11.7. The first-order valence-electron chi connectivity index (χ1n) is 8.31. The van der Waals surface area contributed by atoms with E-state index in [1.54, 1.807) is 0 Å². The van der Waals surface area contributed by atoms with E-state index in [2.05, 4.69) is 19.2 Å². The highest BCUT2D eigenvalue weighted by atomic mass is 16.5. The minimum absolute atomic E-state index is 0.165. The molecule has 0 aromatic heterocycles. The monoisotopic (exact) mass is 301 g/mol. The second-order valence-corrected chi connectivity index (χ2v) is 5.81. The Morgan fingerprint density at radius 2 is 1.90 bits per heavy atom. The van der Waals surface area contributed by atoms with Crippen molar-refractivity contribution in [3.63, 3.8) is 0 Å². The Balaban J connectivity index is 2.32. The van der Waals surface area contributed by atoms with E-state index in [1.165, 1.54) is 0 Å². The van der Waals surface area contributed by atoms with Gasteiger partial charge >= 0.3 is 5.97 Å². The van der Waals surface area contributed by atoms with Gasteiger partial charge in [-0.15, -0.1) is 0 Å². The van der Waals surface area contributed by atoms with Crippen molar-refractivity contribution in [1.29, 1.82) is 0 Å². The summed E-state index contributed by atoms with van der Waals surface area (Å²) in [6.45, 7) is 7.50. The standard InChI is InChI=1S/C16H31NO4/c1-3-9-17-16(15(18)19)8-5-6-14(16)7-11-21-13-12-20-10-4-2/h14,17H,3-13H2,1-2H3,(H,18,19). The predicted octanol–water partition coefficient (Wildman–Crippen LogP) is 2.44. The van der Waals surface area contributed by atoms with Crippen molar-refractivity contribution in [1.82, 2.24) is 5.32 Å². The Bertz CT molecular complexity index is 298. The fraction of sp³-hybridized carbons (Fsp3) is 0.938. The number of carboxylic acid groups (broad SMARTS) is 1. The van der Waals surface area contributed by atoms with Crippen LogP contribution in [0.1, 0.15) is 52.4 Å². The van der Waals surface area contributed by atoms with E-state index in [9.17, 15) is 9.90 Å². The Morgan fingerprint density at radius 1 is 1.19 bits per heavy atom. The van der Waals surface area contributed by atoms with Crippen LogP contribution in [0.25, 0.3) is 0 Å². The zero-order valence-corrected chi connectivity index (χ0v) is 13.5. The van der Waals surface area contributed by atoms with Gasteiger partial charge in [-0.3, -0.25) is 4.79 Å². The van der Waals surface area contributed by atoms with Crippen LogP contribution in [-0.4, -0.2) is 49.6 Å². The highest BCUT2D eigenvalue weighted by Gasteiger charge is 2.48. The molecule has 124 valence electrons. The summed E-state index contributed by atoms with van der Waals surface area (Å²) in [6.07, 6.45) is 5.45. The maximum atomic E-state index is 11.7. The van der Waals surface area contributed by atoms with Gasteiger partial charge in [0.25, 0.3) is 0 Å². The summed E-state index contributed by atoms with van der Waals surface area (Å²) in [7, 11) is 0. The first-order chi connectivity index (χ1) is 10.2. The second-order valence-electron chi connectivity index (χ2n) is 5.81. The van der Waals surface area contributed by atoms with Crippen LogP contribution in [0, 0.1) is 5.92 Å². The number of carboxylic acids is 1. The molecular weight excluding hydrogens is 270 g/mol. The number of ether oxygens (including phenoxy) is 2. The molecule has 0 aromatic carbocycles. The van der Waals surface area contributed by atoms with Gasteiger partial charge in [0.15, 0.2) is 0 Å². The van der Waals surface area contributed by atoms with Crippen molar-refractivity contribution in [2.75, 3.05) is 33.0 Å². The van der Waals surface area contributed by atoms with Gasteiger partial charge in [-0.05, 0) is 44.6 Å². The Hall–Kier alpha value is -0.650. The lowest BCUT2D eigenvalue weighted by molar-refractivity contribution is -0.147. The summed E-state index contributed by atoms with van der Waals surface area (Å²) in [5.74, 6) is -0.539. The minimum Gasteiger partial charge on any atom is -0.480 e. The first-order valence-corrected chi connectivity index (χ1v) is 8.31. The third-order valence-corrected chi connectivity index (χ3v) is 4.22. The van der Waals surface area contributed by atoms with Crippen LogP contribution < -0.4 is 5.32 Å². The molecule has 21 heavy (non-hydrogen) atoms. The van der Waals surface area contributed by atoms with Gasteiger partial charge in [-0.25, -0.2) is 0 Å². The molecule has 5 heteroatoms. The summed E-state index contributed by atoms with van der Waals surface area (Å²) in [4.78, 5) is 11.7. The SMILES string of the molecule is CCCNC1(C(=O)O)CCCC1CCOCCOCCC. The van der Waals surface area contributed by atoms with E-state index in [4.69, 9.17) is 9.47 Å². The molecule has 1 aliphatic carbocycles. The van der Waals surface area contributed by atoms with Crippen molar-refractivity contribution in [2.45, 2.75) is 57.9 Å². The van der Waals surface area contributed by atoms with E-state index >= 15 is 0 Å². The summed E-state index contributed by atoms with van der Waals surface area (Å²) in [5, 5.41) is 12.9. The maximum Gasteiger partial charge on any atom is 0.324 e. The third kappa shape index (κ3) is 5.57. The van der Waals surface area contributed by atoms with Crippen molar-refractivity contribution in [3.8, 4) is 0 Å². The molecule has 0 saturated heterocycles. The van der Waals surface area contributed by atoms with Crippen LogP contribution in [0.3, 0.4) is 0 Å². The lowest BCUT2D eigenvalue weighted by Crippen LogP contribution is -2.55. The van der Waals surface area contributed by atoms with Crippen molar-refractivity contribution < 1.29 is 19.4 Å². The van der Waals surface area contributed by atoms with Crippen LogP contribution in [0.2, 0.25) is 0 Å². The number of nitrogens with one attached hydrogen (secondary N) is 1. The molecule has 0 amide bonds. The molecule has 0 bridgehead atoms. The molecular formula is C16H31NO4. The van der Waals surface area contributed by atoms with Gasteiger partial charge in [0.1, 0.15) is 5.54 Å². The van der Waals surface area contributed by atoms with E-state index < -0.39 is 11.5 Å². The molecule has 0 heterocycles. The van der Waals surface area contributed by atoms with Crippen LogP contribution in [0.15, 0.2) is 0 Å². The molecule has 0 aromatic rings. The summed E-state index contributed by atoms with van der Waals surface area (Å²) in [5.41, 5.74) is -0.738. The lowest BCUT2D eigenvalue weighted by Gasteiger charge is -2.32. The quantitative estimate of drug-likeness (QED) is 0.542. The molecule has 2 unspecified atom stereocenters. The van der Waals surface area contributed by atoms with Gasteiger partial charge < -0.3 is 19.9 Å². The van der Waals surface area contributed by atoms with Crippen molar-refractivity contribution in [2.24, 2.45) is 5.92 Å². The summed E-state index contributed by atoms with van der Waals surface area (Å²) >= 11 is 0. The van der Waals surface area contributed by atoms with Crippen molar-refractivity contribution in [3.05, 3.63) is 0 Å². The van der Waals surface area contributed by atoms with E-state index in [-0.39, 0.29) is 5.92 Å². The Kier molecular flexibility index (Phi) is 8.88. The molecule has 1 saturated carbocycles. The first kappa shape index (κ1) is 18.4. The number of hydrogen-bond donors (Lipinski definition) is 2. The predicted molar refractivity (Wildman–Crippen MR) is 82.5 cm³/mol. The normalized spacial score (nSPS) is 25.3. The van der Waals surface area contributed by atoms with Gasteiger partial charge in [0, 0.05) is 13.2 Å². The lowest BCUT2D eigenvalue weighted by atomic mass is 9.84. The summed E-state index contributed by atoms with van der Waals surface area (Å²) < 4.78 is 10.9. The average Bonchev–Trinajstić information content (AvgIpc) is 2.88. The average molecular weight is 301 g/mol. The molecule has 0 aliphatic heterocycles. The fourth-order valence-corrected chi connectivity index (χ4v) is 3.10. The number of rotatable bonds is 12. The van der Waals surface area contributed by atoms with E-state index in [0.29, 0.717) is 19.8 Å². The van der Waals surface area contributed by atoms with Crippen LogP contribution in [0.4, 0.5) is 0 Å². The fourth-order valence-electron chi connectivity index (χ4n) is 3.10. The van der Waals surface area contributed by atoms with Crippen LogP contribution >= 0.6 is 0 Å². The smallest absolute Gasteiger partial charge is 0.324 e. The zero-order chi connectivity index (χ0) is 15.6. The molecule has 5 nitrogen and oxygen atoms in total. The minimum atomic E-state index is -0.738. The highest BCUT2D eigenvalue weighted by molar-refractivity contribution is 5.79. The van der Waals surface area contributed by atoms with E-state index in [1.807, 2.05) is 0 Å². The Morgan fingerprint density at radius 3 is 2.52 bits per heavy atom. The number of aliphatic carboxylic acids is 1. The molecule has 1 rings (SSSR count). The van der Waals surface area contributed by atoms with E-state index in [0.717, 1.165) is 51.7 Å². The molecule has 1 aliphatic rings. The molecule has 0 spiro atoms. The zero-order valence-electron chi connectivity index (χ0n) is 13.5. The van der Waals surface area contributed by atoms with Crippen LogP contribution in [0.5, 0.6) is 0 Å². The number of hydrogen-bond acceptors (Lipinski definition) is 4. The summed E-state index contributed by atoms with van der Waals surface area (Å²) in [6, 6.07) is 0. The molecule has 2 N–H and O–H groups in total. The van der Waals surface area contributed by atoms with Gasteiger partial charge in [-0.1, -0.05) is 20.3 Å². The topological polar surface area (TPSA) is 67.8 Å². The largest absolute Gasteiger partial charge is 0.480 e. The third-order valence-electron chi connectivity index (χ3n) is 4.22. The van der Waals surface area contributed by atoms with Gasteiger partial charge in [0.05, 0.1) is 13.2 Å².